The molecule has 2 rings (SSSR count). The Morgan fingerprint density at radius 1 is 1.47 bits per heavy atom. The first-order chi connectivity index (χ1) is 6.72. The van der Waals surface area contributed by atoms with Gasteiger partial charge >= 0.3 is 0 Å². The number of nitrogens with two attached hydrogens (primary N) is 1. The van der Waals surface area contributed by atoms with Gasteiger partial charge < -0.3 is 10.5 Å². The molecule has 0 aliphatic heterocycles. The predicted octanol–water partition coefficient (Wildman–Crippen LogP) is 3.29. The highest BCUT2D eigenvalue weighted by Crippen LogP contribution is 2.40. The highest BCUT2D eigenvalue weighted by atomic mass is 79.9. The molecule has 0 unspecified atom stereocenters. The first-order valence-corrected chi connectivity index (χ1v) is 5.60. The first-order valence-electron chi connectivity index (χ1n) is 4.81. The van der Waals surface area contributed by atoms with Gasteiger partial charge in [-0.05, 0) is 52.4 Å². The van der Waals surface area contributed by atoms with Crippen molar-refractivity contribution >= 4 is 28.3 Å². The molecule has 1 aromatic carbocycles. The molecule has 0 amide bonds. The monoisotopic (exact) mass is 291 g/mol. The standard InChI is InChI=1S/C11H14BrNO.ClH/c1-14-10-5-4-8(6-9(10)12)11(13)7-2-3-7;/h4-7,11H,2-3,13H2,1H3;1H/t11-;/m0./s1. The van der Waals surface area contributed by atoms with Crippen molar-refractivity contribution in [3.8, 4) is 5.75 Å². The molecule has 0 bridgehead atoms. The van der Waals surface area contributed by atoms with Crippen LogP contribution >= 0.6 is 28.3 Å². The van der Waals surface area contributed by atoms with E-state index in [2.05, 4.69) is 22.0 Å². The lowest BCUT2D eigenvalue weighted by atomic mass is 10.0. The Labute approximate surface area is 105 Å². The summed E-state index contributed by atoms with van der Waals surface area (Å²) >= 11 is 3.46. The normalized spacial score (nSPS) is 16.7. The van der Waals surface area contributed by atoms with Crippen molar-refractivity contribution in [2.45, 2.75) is 18.9 Å². The third-order valence-electron chi connectivity index (χ3n) is 2.69. The van der Waals surface area contributed by atoms with E-state index in [1.54, 1.807) is 7.11 Å². The summed E-state index contributed by atoms with van der Waals surface area (Å²) in [6, 6.07) is 6.26. The fraction of sp³-hybridized carbons (Fsp3) is 0.455. The average molecular weight is 293 g/mol. The number of ether oxygens (including phenoxy) is 1. The Balaban J connectivity index is 0.00000112. The molecule has 0 saturated heterocycles. The highest BCUT2D eigenvalue weighted by Gasteiger charge is 2.29. The summed E-state index contributed by atoms with van der Waals surface area (Å²) in [4.78, 5) is 0. The second kappa shape index (κ2) is 5.19. The molecule has 1 aliphatic carbocycles. The van der Waals surface area contributed by atoms with Crippen LogP contribution in [0.2, 0.25) is 0 Å². The van der Waals surface area contributed by atoms with Crippen LogP contribution in [0.4, 0.5) is 0 Å². The van der Waals surface area contributed by atoms with Gasteiger partial charge in [-0.2, -0.15) is 0 Å². The van der Waals surface area contributed by atoms with Crippen molar-refractivity contribution in [2.75, 3.05) is 7.11 Å². The number of benzene rings is 1. The Kier molecular flexibility index (Phi) is 4.44. The average Bonchev–Trinajstić information content (AvgIpc) is 3.00. The SMILES string of the molecule is COc1ccc([C@@H](N)C2CC2)cc1Br.Cl. The summed E-state index contributed by atoms with van der Waals surface area (Å²) in [5.41, 5.74) is 7.29. The maximum atomic E-state index is 6.10. The van der Waals surface area contributed by atoms with Gasteiger partial charge in [-0.15, -0.1) is 12.4 Å². The molecule has 4 heteroatoms. The van der Waals surface area contributed by atoms with E-state index in [1.165, 1.54) is 18.4 Å². The van der Waals surface area contributed by atoms with Crippen LogP contribution < -0.4 is 10.5 Å². The third kappa shape index (κ3) is 2.86. The van der Waals surface area contributed by atoms with E-state index >= 15 is 0 Å². The lowest BCUT2D eigenvalue weighted by Crippen LogP contribution is -2.12. The zero-order chi connectivity index (χ0) is 10.1. The second-order valence-electron chi connectivity index (χ2n) is 3.76. The van der Waals surface area contributed by atoms with Gasteiger partial charge in [0.25, 0.3) is 0 Å². The van der Waals surface area contributed by atoms with Gasteiger partial charge in [-0.25, -0.2) is 0 Å². The lowest BCUT2D eigenvalue weighted by Gasteiger charge is -2.12. The van der Waals surface area contributed by atoms with Crippen LogP contribution in [-0.2, 0) is 0 Å². The van der Waals surface area contributed by atoms with Crippen molar-refractivity contribution in [1.29, 1.82) is 0 Å². The van der Waals surface area contributed by atoms with Gasteiger partial charge in [0.1, 0.15) is 5.75 Å². The Morgan fingerprint density at radius 2 is 2.13 bits per heavy atom. The largest absolute Gasteiger partial charge is 0.496 e. The van der Waals surface area contributed by atoms with Crippen LogP contribution in [-0.4, -0.2) is 7.11 Å². The van der Waals surface area contributed by atoms with Crippen molar-refractivity contribution in [3.63, 3.8) is 0 Å². The van der Waals surface area contributed by atoms with Gasteiger partial charge in [-0.1, -0.05) is 6.07 Å². The number of hydrogen-bond donors (Lipinski definition) is 1. The summed E-state index contributed by atoms with van der Waals surface area (Å²) in [5, 5.41) is 0. The van der Waals surface area contributed by atoms with Crippen LogP contribution in [0, 0.1) is 5.92 Å². The van der Waals surface area contributed by atoms with Crippen molar-refractivity contribution < 1.29 is 4.74 Å². The van der Waals surface area contributed by atoms with E-state index in [9.17, 15) is 0 Å². The molecule has 84 valence electrons. The maximum Gasteiger partial charge on any atom is 0.133 e. The molecular weight excluding hydrogens is 277 g/mol. The van der Waals surface area contributed by atoms with E-state index in [4.69, 9.17) is 10.5 Å². The van der Waals surface area contributed by atoms with Crippen LogP contribution in [0.25, 0.3) is 0 Å². The van der Waals surface area contributed by atoms with E-state index in [1.807, 2.05) is 12.1 Å². The molecule has 1 aliphatic rings. The predicted molar refractivity (Wildman–Crippen MR) is 67.6 cm³/mol. The zero-order valence-electron chi connectivity index (χ0n) is 8.57. The van der Waals surface area contributed by atoms with Crippen molar-refractivity contribution in [1.82, 2.24) is 0 Å². The fourth-order valence-electron chi connectivity index (χ4n) is 1.62. The van der Waals surface area contributed by atoms with Crippen molar-refractivity contribution in [3.05, 3.63) is 28.2 Å². The van der Waals surface area contributed by atoms with E-state index in [-0.39, 0.29) is 18.4 Å². The molecule has 0 spiro atoms. The molecule has 15 heavy (non-hydrogen) atoms. The first kappa shape index (κ1) is 12.8. The van der Waals surface area contributed by atoms with Crippen LogP contribution in [0.15, 0.2) is 22.7 Å². The Hall–Kier alpha value is -0.250. The molecule has 1 aromatic rings. The smallest absolute Gasteiger partial charge is 0.133 e. The molecule has 1 atom stereocenters. The summed E-state index contributed by atoms with van der Waals surface area (Å²) in [5.74, 6) is 1.55. The minimum Gasteiger partial charge on any atom is -0.496 e. The summed E-state index contributed by atoms with van der Waals surface area (Å²) < 4.78 is 6.15. The number of hydrogen-bond acceptors (Lipinski definition) is 2. The minimum absolute atomic E-state index is 0. The molecule has 0 aromatic heterocycles. The molecule has 2 N–H and O–H groups in total. The van der Waals surface area contributed by atoms with E-state index in [0.29, 0.717) is 5.92 Å². The topological polar surface area (TPSA) is 35.2 Å². The van der Waals surface area contributed by atoms with Gasteiger partial charge in [0.2, 0.25) is 0 Å². The quantitative estimate of drug-likeness (QED) is 0.928. The summed E-state index contributed by atoms with van der Waals surface area (Å²) in [7, 11) is 1.67. The maximum absolute atomic E-state index is 6.10. The molecule has 1 saturated carbocycles. The Bertz CT molecular complexity index is 341. The lowest BCUT2D eigenvalue weighted by molar-refractivity contribution is 0.411. The number of rotatable bonds is 3. The molecule has 0 radical (unpaired) electrons. The molecule has 0 heterocycles. The molecular formula is C11H15BrClNO. The third-order valence-corrected chi connectivity index (χ3v) is 3.31. The van der Waals surface area contributed by atoms with Crippen LogP contribution in [0.3, 0.4) is 0 Å². The van der Waals surface area contributed by atoms with Crippen molar-refractivity contribution in [2.24, 2.45) is 11.7 Å². The number of methoxy groups -OCH3 is 1. The van der Waals surface area contributed by atoms with E-state index < -0.39 is 0 Å². The van der Waals surface area contributed by atoms with Crippen LogP contribution in [0.5, 0.6) is 5.75 Å². The Morgan fingerprint density at radius 3 is 2.60 bits per heavy atom. The van der Waals surface area contributed by atoms with Crippen LogP contribution in [0.1, 0.15) is 24.4 Å². The molecule has 2 nitrogen and oxygen atoms in total. The number of halogens is 2. The van der Waals surface area contributed by atoms with E-state index in [0.717, 1.165) is 10.2 Å². The minimum atomic E-state index is 0. The zero-order valence-corrected chi connectivity index (χ0v) is 11.0. The van der Waals surface area contributed by atoms with Gasteiger partial charge in [0, 0.05) is 6.04 Å². The summed E-state index contributed by atoms with van der Waals surface area (Å²) in [6.45, 7) is 0. The molecule has 1 fully saturated rings. The van der Waals surface area contributed by atoms with Gasteiger partial charge in [0.05, 0.1) is 11.6 Å². The highest BCUT2D eigenvalue weighted by molar-refractivity contribution is 9.10. The second-order valence-corrected chi connectivity index (χ2v) is 4.61. The fourth-order valence-corrected chi connectivity index (χ4v) is 2.18. The van der Waals surface area contributed by atoms with Gasteiger partial charge in [-0.3, -0.25) is 0 Å². The summed E-state index contributed by atoms with van der Waals surface area (Å²) in [6.07, 6.45) is 2.54. The van der Waals surface area contributed by atoms with Gasteiger partial charge in [0.15, 0.2) is 0 Å².